The fourth-order valence-corrected chi connectivity index (χ4v) is 5.50. The Morgan fingerprint density at radius 3 is 2.23 bits per heavy atom. The molecule has 39 heavy (non-hydrogen) atoms. The van der Waals surface area contributed by atoms with Crippen molar-refractivity contribution < 1.29 is 18.0 Å². The highest BCUT2D eigenvalue weighted by Gasteiger charge is 2.33. The Hall–Kier alpha value is -2.92. The van der Waals surface area contributed by atoms with Crippen LogP contribution in [0.15, 0.2) is 78.9 Å². The van der Waals surface area contributed by atoms with Crippen LogP contribution in [-0.4, -0.2) is 50.5 Å². The molecule has 0 heterocycles. The van der Waals surface area contributed by atoms with Crippen molar-refractivity contribution >= 4 is 50.1 Å². The fourth-order valence-electron chi connectivity index (χ4n) is 4.29. The topological polar surface area (TPSA) is 86.8 Å². The molecule has 0 aliphatic carbocycles. The molecule has 9 heteroatoms. The second kappa shape index (κ2) is 14.5. The van der Waals surface area contributed by atoms with Crippen LogP contribution in [0.3, 0.4) is 0 Å². The smallest absolute Gasteiger partial charge is 0.244 e. The summed E-state index contributed by atoms with van der Waals surface area (Å²) >= 11 is 2.14. The molecule has 1 N–H and O–H groups in total. The zero-order valence-electron chi connectivity index (χ0n) is 22.6. The molecule has 0 radical (unpaired) electrons. The maximum atomic E-state index is 14.0. The van der Waals surface area contributed by atoms with Crippen LogP contribution in [0.2, 0.25) is 0 Å². The summed E-state index contributed by atoms with van der Waals surface area (Å²) in [6, 6.07) is 23.4. The van der Waals surface area contributed by atoms with E-state index in [4.69, 9.17) is 0 Å². The molecule has 0 bridgehead atoms. The summed E-state index contributed by atoms with van der Waals surface area (Å²) in [4.78, 5) is 29.1. The average molecular weight is 662 g/mol. The molecule has 0 aromatic heterocycles. The van der Waals surface area contributed by atoms with Crippen molar-refractivity contribution in [1.29, 1.82) is 0 Å². The van der Waals surface area contributed by atoms with Gasteiger partial charge < -0.3 is 10.2 Å². The highest BCUT2D eigenvalue weighted by atomic mass is 127. The molecule has 0 fully saturated rings. The highest BCUT2D eigenvalue weighted by Crippen LogP contribution is 2.21. The molecule has 0 saturated carbocycles. The number of hydrogen-bond donors (Lipinski definition) is 1. The van der Waals surface area contributed by atoms with Crippen molar-refractivity contribution in [1.82, 2.24) is 10.2 Å². The minimum atomic E-state index is -3.78. The van der Waals surface area contributed by atoms with Crippen LogP contribution in [0.5, 0.6) is 0 Å². The van der Waals surface area contributed by atoms with Crippen molar-refractivity contribution in [3.8, 4) is 0 Å². The molecule has 3 aromatic carbocycles. The van der Waals surface area contributed by atoms with Gasteiger partial charge in [-0.3, -0.25) is 13.9 Å². The van der Waals surface area contributed by atoms with E-state index in [0.717, 1.165) is 43.7 Å². The number of nitrogens with zero attached hydrogens (tertiary/aromatic N) is 2. The molecular weight excluding hydrogens is 625 g/mol. The normalized spacial score (nSPS) is 12.0. The van der Waals surface area contributed by atoms with E-state index in [1.54, 1.807) is 24.3 Å². The van der Waals surface area contributed by atoms with Crippen LogP contribution < -0.4 is 9.62 Å². The minimum absolute atomic E-state index is 0.170. The number of sulfonamides is 1. The number of unbranched alkanes of at least 4 members (excludes halogenated alkanes) is 1. The van der Waals surface area contributed by atoms with E-state index in [0.29, 0.717) is 18.7 Å². The van der Waals surface area contributed by atoms with Crippen molar-refractivity contribution in [2.75, 3.05) is 23.7 Å². The van der Waals surface area contributed by atoms with E-state index < -0.39 is 28.5 Å². The number of nitrogens with one attached hydrogen (secondary N) is 1. The summed E-state index contributed by atoms with van der Waals surface area (Å²) in [5.74, 6) is -0.708. The van der Waals surface area contributed by atoms with Gasteiger partial charge in [0.2, 0.25) is 21.8 Å². The molecular formula is C30H36IN3O4S. The first-order valence-electron chi connectivity index (χ1n) is 13.0. The van der Waals surface area contributed by atoms with E-state index in [-0.39, 0.29) is 12.5 Å². The molecule has 0 saturated heterocycles. The summed E-state index contributed by atoms with van der Waals surface area (Å²) in [5, 5.41) is 2.99. The third-order valence-corrected chi connectivity index (χ3v) is 8.19. The summed E-state index contributed by atoms with van der Waals surface area (Å²) in [6.07, 6.45) is 3.14. The Bertz CT molecular complexity index is 1350. The van der Waals surface area contributed by atoms with Crippen molar-refractivity contribution in [3.63, 3.8) is 0 Å². The Morgan fingerprint density at radius 1 is 0.949 bits per heavy atom. The van der Waals surface area contributed by atoms with Gasteiger partial charge in [0.15, 0.2) is 0 Å². The van der Waals surface area contributed by atoms with Crippen LogP contribution in [0.4, 0.5) is 5.69 Å². The largest absolute Gasteiger partial charge is 0.354 e. The quantitative estimate of drug-likeness (QED) is 0.208. The van der Waals surface area contributed by atoms with Gasteiger partial charge in [0.1, 0.15) is 12.6 Å². The molecule has 0 spiro atoms. The standard InChI is InChI=1S/C30H36IN3O4S/c1-4-5-18-32-30(36)28(20-24-11-7-6-8-12-24)33(21-25-13-9-10-23(2)19-25)29(35)22-34(39(3,37)38)27-16-14-26(31)15-17-27/h6-17,19,28H,4-5,18,20-22H2,1-3H3,(H,32,36)/t28-/m1/s1. The van der Waals surface area contributed by atoms with Gasteiger partial charge in [0, 0.05) is 23.1 Å². The van der Waals surface area contributed by atoms with Crippen LogP contribution in [-0.2, 0) is 32.6 Å². The first-order chi connectivity index (χ1) is 18.6. The van der Waals surface area contributed by atoms with Crippen LogP contribution >= 0.6 is 22.6 Å². The number of aryl methyl sites for hydroxylation is 1. The lowest BCUT2D eigenvalue weighted by Crippen LogP contribution is -2.53. The minimum Gasteiger partial charge on any atom is -0.354 e. The third-order valence-electron chi connectivity index (χ3n) is 6.33. The van der Waals surface area contributed by atoms with E-state index in [9.17, 15) is 18.0 Å². The van der Waals surface area contributed by atoms with Crippen LogP contribution in [0.25, 0.3) is 0 Å². The van der Waals surface area contributed by atoms with E-state index in [2.05, 4.69) is 27.9 Å². The predicted molar refractivity (Wildman–Crippen MR) is 165 cm³/mol. The van der Waals surface area contributed by atoms with Crippen molar-refractivity contribution in [2.24, 2.45) is 0 Å². The Morgan fingerprint density at radius 2 is 1.62 bits per heavy atom. The number of halogens is 1. The number of carbonyl (C=O) groups excluding carboxylic acids is 2. The van der Waals surface area contributed by atoms with Crippen molar-refractivity contribution in [2.45, 2.75) is 45.7 Å². The monoisotopic (exact) mass is 661 g/mol. The molecule has 0 aliphatic heterocycles. The zero-order valence-corrected chi connectivity index (χ0v) is 25.6. The maximum absolute atomic E-state index is 14.0. The molecule has 7 nitrogen and oxygen atoms in total. The van der Waals surface area contributed by atoms with E-state index in [1.165, 1.54) is 4.90 Å². The Balaban J connectivity index is 2.02. The first kappa shape index (κ1) is 30.6. The number of anilines is 1. The maximum Gasteiger partial charge on any atom is 0.244 e. The SMILES string of the molecule is CCCCNC(=O)[C@@H](Cc1ccccc1)N(Cc1cccc(C)c1)C(=O)CN(c1ccc(I)cc1)S(C)(=O)=O. The molecule has 0 unspecified atom stereocenters. The van der Waals surface area contributed by atoms with E-state index >= 15 is 0 Å². The summed E-state index contributed by atoms with van der Waals surface area (Å²) in [5.41, 5.74) is 3.20. The van der Waals surface area contributed by atoms with E-state index in [1.807, 2.05) is 68.4 Å². The van der Waals surface area contributed by atoms with Gasteiger partial charge in [0.25, 0.3) is 0 Å². The lowest BCUT2D eigenvalue weighted by Gasteiger charge is -2.33. The lowest BCUT2D eigenvalue weighted by molar-refractivity contribution is -0.140. The fraction of sp³-hybridized carbons (Fsp3) is 0.333. The van der Waals surface area contributed by atoms with Gasteiger partial charge in [-0.05, 0) is 71.3 Å². The van der Waals surface area contributed by atoms with Gasteiger partial charge in [-0.2, -0.15) is 0 Å². The molecule has 1 atom stereocenters. The molecule has 3 aromatic rings. The van der Waals surface area contributed by atoms with Gasteiger partial charge in [-0.1, -0.05) is 73.5 Å². The number of rotatable bonds is 13. The second-order valence-electron chi connectivity index (χ2n) is 9.61. The highest BCUT2D eigenvalue weighted by molar-refractivity contribution is 14.1. The summed E-state index contributed by atoms with van der Waals surface area (Å²) in [7, 11) is -3.78. The average Bonchev–Trinajstić information content (AvgIpc) is 2.90. The van der Waals surface area contributed by atoms with Gasteiger partial charge in [-0.25, -0.2) is 8.42 Å². The van der Waals surface area contributed by atoms with Gasteiger partial charge in [-0.15, -0.1) is 0 Å². The number of carbonyl (C=O) groups is 2. The molecule has 2 amide bonds. The lowest BCUT2D eigenvalue weighted by atomic mass is 10.0. The van der Waals surface area contributed by atoms with Gasteiger partial charge >= 0.3 is 0 Å². The van der Waals surface area contributed by atoms with Crippen LogP contribution in [0.1, 0.15) is 36.5 Å². The third kappa shape index (κ3) is 9.35. The summed E-state index contributed by atoms with van der Waals surface area (Å²) < 4.78 is 27.7. The Kier molecular flexibility index (Phi) is 11.4. The molecule has 3 rings (SSSR count). The number of hydrogen-bond acceptors (Lipinski definition) is 4. The summed E-state index contributed by atoms with van der Waals surface area (Å²) in [6.45, 7) is 4.27. The van der Waals surface area contributed by atoms with Crippen LogP contribution in [0, 0.1) is 10.5 Å². The first-order valence-corrected chi connectivity index (χ1v) is 15.9. The van der Waals surface area contributed by atoms with Crippen molar-refractivity contribution in [3.05, 3.63) is 99.1 Å². The Labute approximate surface area is 245 Å². The molecule has 0 aliphatic rings. The number of amides is 2. The second-order valence-corrected chi connectivity index (χ2v) is 12.8. The zero-order chi connectivity index (χ0) is 28.4. The van der Waals surface area contributed by atoms with Gasteiger partial charge in [0.05, 0.1) is 11.9 Å². The predicted octanol–water partition coefficient (Wildman–Crippen LogP) is 4.92. The molecule has 208 valence electrons. The number of benzene rings is 3.